The maximum atomic E-state index is 14.2. The van der Waals surface area contributed by atoms with Gasteiger partial charge in [-0.1, -0.05) is 73.9 Å². The summed E-state index contributed by atoms with van der Waals surface area (Å²) in [6, 6.07) is 4.17. The van der Waals surface area contributed by atoms with Gasteiger partial charge in [-0.2, -0.15) is 0 Å². The zero-order chi connectivity index (χ0) is 25.7. The van der Waals surface area contributed by atoms with Gasteiger partial charge in [0, 0.05) is 27.8 Å². The topological polar surface area (TPSA) is 87.7 Å². The highest BCUT2D eigenvalue weighted by molar-refractivity contribution is 6.35. The second-order valence-electron chi connectivity index (χ2n) is 11.2. The summed E-state index contributed by atoms with van der Waals surface area (Å²) in [4.78, 5) is 43.5. The maximum Gasteiger partial charge on any atom is 0.246 e. The molecule has 3 aliphatic heterocycles. The van der Waals surface area contributed by atoms with Crippen molar-refractivity contribution >= 4 is 46.6 Å². The molecule has 4 fully saturated rings. The minimum atomic E-state index is -1.13. The van der Waals surface area contributed by atoms with E-state index < -0.39 is 29.6 Å². The van der Waals surface area contributed by atoms with Crippen molar-refractivity contribution in [2.45, 2.75) is 94.0 Å². The minimum absolute atomic E-state index is 0.0187. The molecule has 2 saturated heterocycles. The van der Waals surface area contributed by atoms with Crippen LogP contribution in [0.3, 0.4) is 0 Å². The summed E-state index contributed by atoms with van der Waals surface area (Å²) in [5.41, 5.74) is -0.671. The first-order valence-corrected chi connectivity index (χ1v) is 14.4. The predicted octanol–water partition coefficient (Wildman–Crippen LogP) is 4.86. The summed E-state index contributed by atoms with van der Waals surface area (Å²) >= 11 is 12.3. The van der Waals surface area contributed by atoms with Gasteiger partial charge >= 0.3 is 0 Å². The third-order valence-corrected chi connectivity index (χ3v) is 9.35. The van der Waals surface area contributed by atoms with Gasteiger partial charge in [0.25, 0.3) is 0 Å². The van der Waals surface area contributed by atoms with Crippen molar-refractivity contribution in [1.82, 2.24) is 10.2 Å². The van der Waals surface area contributed by atoms with Crippen molar-refractivity contribution in [1.29, 1.82) is 0 Å². The Balaban J connectivity index is 1.32. The van der Waals surface area contributed by atoms with Crippen LogP contribution < -0.4 is 10.6 Å². The lowest BCUT2D eigenvalue weighted by Gasteiger charge is -2.39. The average Bonchev–Trinajstić information content (AvgIpc) is 3.52. The average molecular weight is 546 g/mol. The first-order valence-electron chi connectivity index (χ1n) is 13.6. The quantitative estimate of drug-likeness (QED) is 0.517. The van der Waals surface area contributed by atoms with Crippen LogP contribution in [0.4, 0.5) is 5.69 Å². The molecule has 2 saturated carbocycles. The van der Waals surface area contributed by atoms with Gasteiger partial charge in [0.2, 0.25) is 17.7 Å². The number of ether oxygens (including phenoxy) is 1. The van der Waals surface area contributed by atoms with Crippen molar-refractivity contribution in [3.05, 3.63) is 40.4 Å². The van der Waals surface area contributed by atoms with Crippen LogP contribution in [-0.4, -0.2) is 52.5 Å². The van der Waals surface area contributed by atoms with E-state index in [-0.39, 0.29) is 29.8 Å². The third kappa shape index (κ3) is 4.37. The Bertz CT molecular complexity index is 1110. The lowest BCUT2D eigenvalue weighted by atomic mass is 9.74. The summed E-state index contributed by atoms with van der Waals surface area (Å²) < 4.78 is 6.47. The van der Waals surface area contributed by atoms with Crippen molar-refractivity contribution < 1.29 is 19.1 Å². The third-order valence-electron chi connectivity index (χ3n) is 8.91. The molecule has 3 amide bonds. The number of amides is 3. The van der Waals surface area contributed by atoms with Crippen LogP contribution in [0.15, 0.2) is 30.4 Å². The molecule has 0 unspecified atom stereocenters. The number of carbonyl (C=O) groups is 3. The number of carbonyl (C=O) groups excluding carboxylic acids is 3. The maximum absolute atomic E-state index is 14.2. The highest BCUT2D eigenvalue weighted by Crippen LogP contribution is 2.56. The zero-order valence-electron chi connectivity index (χ0n) is 20.8. The first kappa shape index (κ1) is 25.2. The second kappa shape index (κ2) is 9.90. The lowest BCUT2D eigenvalue weighted by Crippen LogP contribution is -2.58. The van der Waals surface area contributed by atoms with Gasteiger partial charge in [0.1, 0.15) is 11.6 Å². The molecule has 2 N–H and O–H groups in total. The Morgan fingerprint density at radius 3 is 2.24 bits per heavy atom. The fourth-order valence-corrected chi connectivity index (χ4v) is 7.86. The first-order chi connectivity index (χ1) is 17.9. The number of hydrogen-bond acceptors (Lipinski definition) is 4. The smallest absolute Gasteiger partial charge is 0.246 e. The molecular weight excluding hydrogens is 513 g/mol. The zero-order valence-corrected chi connectivity index (χ0v) is 22.3. The fraction of sp³-hybridized carbons (Fsp3) is 0.607. The van der Waals surface area contributed by atoms with Gasteiger partial charge in [0.15, 0.2) is 0 Å². The molecule has 198 valence electrons. The van der Waals surface area contributed by atoms with E-state index in [2.05, 4.69) is 10.6 Å². The van der Waals surface area contributed by atoms with Gasteiger partial charge in [-0.25, -0.2) is 0 Å². The normalized spacial score (nSPS) is 33.6. The molecule has 9 heteroatoms. The van der Waals surface area contributed by atoms with E-state index in [9.17, 15) is 14.4 Å². The van der Waals surface area contributed by atoms with Gasteiger partial charge in [0.05, 0.1) is 17.9 Å². The largest absolute Gasteiger partial charge is 0.359 e. The molecule has 7 nitrogen and oxygen atoms in total. The van der Waals surface area contributed by atoms with E-state index >= 15 is 0 Å². The molecular formula is C28H33Cl2N3O4. The molecule has 6 rings (SSSR count). The predicted molar refractivity (Wildman–Crippen MR) is 141 cm³/mol. The molecule has 0 aromatic heterocycles. The van der Waals surface area contributed by atoms with E-state index in [1.54, 1.807) is 23.1 Å². The Hall–Kier alpha value is -2.09. The molecule has 2 aliphatic carbocycles. The number of rotatable bonds is 5. The Morgan fingerprint density at radius 1 is 0.919 bits per heavy atom. The Kier molecular flexibility index (Phi) is 6.74. The van der Waals surface area contributed by atoms with Gasteiger partial charge < -0.3 is 20.3 Å². The van der Waals surface area contributed by atoms with Crippen molar-refractivity contribution in [2.75, 3.05) is 5.32 Å². The fourth-order valence-electron chi connectivity index (χ4n) is 7.34. The Labute approximate surface area is 227 Å². The van der Waals surface area contributed by atoms with E-state index in [0.29, 0.717) is 15.7 Å². The highest BCUT2D eigenvalue weighted by Gasteiger charge is 2.73. The number of anilines is 1. The molecule has 0 radical (unpaired) electrons. The van der Waals surface area contributed by atoms with E-state index in [1.807, 2.05) is 12.2 Å². The Morgan fingerprint density at radius 2 is 1.57 bits per heavy atom. The van der Waals surface area contributed by atoms with E-state index in [0.717, 1.165) is 57.8 Å². The summed E-state index contributed by atoms with van der Waals surface area (Å²) in [5.74, 6) is -2.12. The highest BCUT2D eigenvalue weighted by atomic mass is 35.5. The molecule has 1 spiro atoms. The molecule has 5 aliphatic rings. The molecule has 5 atom stereocenters. The van der Waals surface area contributed by atoms with Crippen LogP contribution >= 0.6 is 23.2 Å². The lowest BCUT2D eigenvalue weighted by molar-refractivity contribution is -0.144. The standard InChI is InChI=1S/C28H33Cl2N3O4/c29-16-13-17(30)15-19(14-16)32-25(34)22-21-11-12-28(37-21)23(22)27(36)33(20-9-5-2-6-10-20)24(28)26(35)31-18-7-3-1-4-8-18/h11-15,18,20-24H,1-10H2,(H,31,35)(H,32,34)/t21-,22-,23-,24+,28-/m0/s1. The SMILES string of the molecule is O=C(Nc1cc(Cl)cc(Cl)c1)[C@H]1[C@@H]2C=C[C@]3(O2)[C@@H]1C(=O)N(C1CCCCC1)[C@@H]3C(=O)NC1CCCCC1. The monoisotopic (exact) mass is 545 g/mol. The molecule has 1 aromatic rings. The minimum Gasteiger partial charge on any atom is -0.359 e. The summed E-state index contributed by atoms with van der Waals surface area (Å²) in [6.07, 6.45) is 13.4. The van der Waals surface area contributed by atoms with E-state index in [4.69, 9.17) is 27.9 Å². The number of benzene rings is 1. The van der Waals surface area contributed by atoms with Crippen LogP contribution in [0.25, 0.3) is 0 Å². The van der Waals surface area contributed by atoms with Crippen LogP contribution in [0, 0.1) is 11.8 Å². The number of hydrogen-bond donors (Lipinski definition) is 2. The number of nitrogens with one attached hydrogen (secondary N) is 2. The number of nitrogens with zero attached hydrogens (tertiary/aromatic N) is 1. The van der Waals surface area contributed by atoms with Crippen molar-refractivity contribution in [2.24, 2.45) is 11.8 Å². The molecule has 1 aromatic carbocycles. The second-order valence-corrected chi connectivity index (χ2v) is 12.1. The number of fused-ring (bicyclic) bond motifs is 1. The molecule has 37 heavy (non-hydrogen) atoms. The van der Waals surface area contributed by atoms with Crippen LogP contribution in [0.5, 0.6) is 0 Å². The van der Waals surface area contributed by atoms with Gasteiger partial charge in [-0.15, -0.1) is 0 Å². The van der Waals surface area contributed by atoms with E-state index in [1.165, 1.54) is 6.42 Å². The van der Waals surface area contributed by atoms with Crippen molar-refractivity contribution in [3.8, 4) is 0 Å². The van der Waals surface area contributed by atoms with Gasteiger partial charge in [-0.3, -0.25) is 14.4 Å². The summed E-state index contributed by atoms with van der Waals surface area (Å²) in [5, 5.41) is 6.96. The van der Waals surface area contributed by atoms with Crippen LogP contribution in [0.2, 0.25) is 10.0 Å². The number of likely N-dealkylation sites (tertiary alicyclic amines) is 1. The summed E-state index contributed by atoms with van der Waals surface area (Å²) in [6.45, 7) is 0. The van der Waals surface area contributed by atoms with Gasteiger partial charge in [-0.05, 0) is 43.9 Å². The van der Waals surface area contributed by atoms with Crippen molar-refractivity contribution in [3.63, 3.8) is 0 Å². The molecule has 3 heterocycles. The number of halogens is 2. The summed E-state index contributed by atoms with van der Waals surface area (Å²) in [7, 11) is 0. The van der Waals surface area contributed by atoms with Crippen LogP contribution in [-0.2, 0) is 19.1 Å². The molecule has 2 bridgehead atoms. The van der Waals surface area contributed by atoms with Crippen LogP contribution in [0.1, 0.15) is 64.2 Å².